The molecule has 2 unspecified atom stereocenters. The van der Waals surface area contributed by atoms with E-state index in [1.54, 1.807) is 24.3 Å². The van der Waals surface area contributed by atoms with Crippen molar-refractivity contribution in [1.82, 2.24) is 5.32 Å². The zero-order valence-electron chi connectivity index (χ0n) is 18.4. The predicted molar refractivity (Wildman–Crippen MR) is 125 cm³/mol. The third kappa shape index (κ3) is 5.13. The Kier molecular flexibility index (Phi) is 6.87. The van der Waals surface area contributed by atoms with E-state index < -0.39 is 18.3 Å². The molecule has 33 heavy (non-hydrogen) atoms. The van der Waals surface area contributed by atoms with E-state index in [0.29, 0.717) is 12.0 Å². The number of alkyl carbamates (subject to hydrolysis) is 1. The van der Waals surface area contributed by atoms with Crippen LogP contribution < -0.4 is 5.32 Å². The van der Waals surface area contributed by atoms with Gasteiger partial charge in [-0.25, -0.2) is 4.79 Å². The van der Waals surface area contributed by atoms with Crippen molar-refractivity contribution < 1.29 is 24.5 Å². The van der Waals surface area contributed by atoms with Gasteiger partial charge in [-0.2, -0.15) is 0 Å². The molecule has 0 saturated carbocycles. The van der Waals surface area contributed by atoms with Gasteiger partial charge in [-0.1, -0.05) is 72.8 Å². The second-order valence-electron chi connectivity index (χ2n) is 8.34. The van der Waals surface area contributed by atoms with Gasteiger partial charge in [0.05, 0.1) is 0 Å². The van der Waals surface area contributed by atoms with Gasteiger partial charge in [0.15, 0.2) is 0 Å². The third-order valence-electron chi connectivity index (χ3n) is 5.94. The number of carbonyl (C=O) groups excluding carboxylic acids is 2. The Morgan fingerprint density at radius 2 is 1.48 bits per heavy atom. The summed E-state index contributed by atoms with van der Waals surface area (Å²) in [6.07, 6.45) is -2.71. The maximum Gasteiger partial charge on any atom is 0.407 e. The van der Waals surface area contributed by atoms with Crippen LogP contribution in [0, 0.1) is 0 Å². The summed E-state index contributed by atoms with van der Waals surface area (Å²) in [5, 5.41) is 23.2. The van der Waals surface area contributed by atoms with Gasteiger partial charge in [-0.05, 0) is 40.3 Å². The zero-order valence-corrected chi connectivity index (χ0v) is 18.4. The van der Waals surface area contributed by atoms with Gasteiger partial charge >= 0.3 is 6.09 Å². The summed E-state index contributed by atoms with van der Waals surface area (Å²) < 4.78 is 5.45. The SMILES string of the molecule is CC(=O)Cc1ccc(C(O)C(O)CNC(=O)OCC2c3ccccc3-c3ccccc32)cc1. The van der Waals surface area contributed by atoms with Gasteiger partial charge in [0.25, 0.3) is 0 Å². The van der Waals surface area contributed by atoms with Crippen LogP contribution in [-0.2, 0) is 16.0 Å². The number of nitrogens with one attached hydrogen (secondary N) is 1. The number of rotatable bonds is 8. The van der Waals surface area contributed by atoms with Gasteiger partial charge in [0.2, 0.25) is 0 Å². The number of Topliss-reactive ketones (excluding diaryl/α,β-unsaturated/α-hetero) is 1. The Bertz CT molecular complexity index is 1100. The predicted octanol–water partition coefficient (Wildman–Crippen LogP) is 3.75. The van der Waals surface area contributed by atoms with Crippen molar-refractivity contribution in [2.75, 3.05) is 13.2 Å². The molecule has 0 spiro atoms. The molecular formula is C27H27NO5. The van der Waals surface area contributed by atoms with Gasteiger partial charge in [-0.15, -0.1) is 0 Å². The van der Waals surface area contributed by atoms with Crippen LogP contribution in [0.2, 0.25) is 0 Å². The van der Waals surface area contributed by atoms with Crippen molar-refractivity contribution in [1.29, 1.82) is 0 Å². The summed E-state index contributed by atoms with van der Waals surface area (Å²) in [6.45, 7) is 1.53. The molecule has 3 aromatic carbocycles. The fraction of sp³-hybridized carbons (Fsp3) is 0.259. The summed E-state index contributed by atoms with van der Waals surface area (Å²) in [5.74, 6) is 0.00260. The van der Waals surface area contributed by atoms with Crippen LogP contribution in [0.25, 0.3) is 11.1 Å². The second kappa shape index (κ2) is 9.98. The van der Waals surface area contributed by atoms with Crippen LogP contribution in [0.1, 0.15) is 41.2 Å². The molecule has 3 aromatic rings. The van der Waals surface area contributed by atoms with Crippen LogP contribution >= 0.6 is 0 Å². The highest BCUT2D eigenvalue weighted by Gasteiger charge is 2.29. The lowest BCUT2D eigenvalue weighted by molar-refractivity contribution is -0.116. The first-order valence-electron chi connectivity index (χ1n) is 11.0. The lowest BCUT2D eigenvalue weighted by Crippen LogP contribution is -2.36. The highest BCUT2D eigenvalue weighted by Crippen LogP contribution is 2.44. The van der Waals surface area contributed by atoms with E-state index in [-0.39, 0.29) is 24.9 Å². The summed E-state index contributed by atoms with van der Waals surface area (Å²) in [5.41, 5.74) is 5.88. The van der Waals surface area contributed by atoms with E-state index >= 15 is 0 Å². The Morgan fingerprint density at radius 1 is 0.909 bits per heavy atom. The van der Waals surface area contributed by atoms with E-state index in [9.17, 15) is 19.8 Å². The summed E-state index contributed by atoms with van der Waals surface area (Å²) in [4.78, 5) is 23.5. The number of ketones is 1. The lowest BCUT2D eigenvalue weighted by atomic mass is 9.98. The molecule has 170 valence electrons. The van der Waals surface area contributed by atoms with E-state index in [2.05, 4.69) is 17.4 Å². The van der Waals surface area contributed by atoms with Crippen LogP contribution in [0.15, 0.2) is 72.8 Å². The second-order valence-corrected chi connectivity index (χ2v) is 8.34. The molecule has 6 heteroatoms. The number of carbonyl (C=O) groups is 2. The maximum atomic E-state index is 12.3. The molecule has 3 N–H and O–H groups in total. The third-order valence-corrected chi connectivity index (χ3v) is 5.94. The molecule has 1 amide bonds. The average molecular weight is 446 g/mol. The monoisotopic (exact) mass is 445 g/mol. The molecule has 6 nitrogen and oxygen atoms in total. The number of fused-ring (bicyclic) bond motifs is 3. The number of aliphatic hydroxyl groups excluding tert-OH is 2. The minimum Gasteiger partial charge on any atom is -0.449 e. The molecule has 4 rings (SSSR count). The van der Waals surface area contributed by atoms with Gasteiger partial charge in [0.1, 0.15) is 24.6 Å². The van der Waals surface area contributed by atoms with Crippen LogP contribution in [0.5, 0.6) is 0 Å². The van der Waals surface area contributed by atoms with Crippen LogP contribution in [-0.4, -0.2) is 41.3 Å². The molecular weight excluding hydrogens is 418 g/mol. The van der Waals surface area contributed by atoms with E-state index in [1.807, 2.05) is 36.4 Å². The molecule has 0 heterocycles. The highest BCUT2D eigenvalue weighted by atomic mass is 16.5. The van der Waals surface area contributed by atoms with E-state index in [4.69, 9.17) is 4.74 Å². The first-order valence-corrected chi connectivity index (χ1v) is 11.0. The van der Waals surface area contributed by atoms with Crippen molar-refractivity contribution >= 4 is 11.9 Å². The molecule has 0 aromatic heterocycles. The molecule has 0 radical (unpaired) electrons. The molecule has 0 aliphatic heterocycles. The van der Waals surface area contributed by atoms with Crippen LogP contribution in [0.3, 0.4) is 0 Å². The van der Waals surface area contributed by atoms with Gasteiger partial charge in [-0.3, -0.25) is 4.79 Å². The minimum atomic E-state index is -1.20. The molecule has 2 atom stereocenters. The molecule has 0 bridgehead atoms. The molecule has 1 aliphatic carbocycles. The lowest BCUT2D eigenvalue weighted by Gasteiger charge is -2.19. The molecule has 1 aliphatic rings. The van der Waals surface area contributed by atoms with Gasteiger partial charge in [0, 0.05) is 18.9 Å². The Morgan fingerprint density at radius 3 is 2.06 bits per heavy atom. The quantitative estimate of drug-likeness (QED) is 0.491. The average Bonchev–Trinajstić information content (AvgIpc) is 3.14. The van der Waals surface area contributed by atoms with Gasteiger partial charge < -0.3 is 20.3 Å². The van der Waals surface area contributed by atoms with Crippen molar-refractivity contribution in [3.63, 3.8) is 0 Å². The first-order chi connectivity index (χ1) is 15.9. The standard InChI is InChI=1S/C27H27NO5/c1-17(29)14-18-10-12-19(13-11-18)26(31)25(30)15-28-27(32)33-16-24-22-8-4-2-6-20(22)21-7-3-5-9-23(21)24/h2-13,24-26,30-31H,14-16H2,1H3,(H,28,32). The first kappa shape index (κ1) is 22.7. The minimum absolute atomic E-state index is 0.0489. The number of amides is 1. The summed E-state index contributed by atoms with van der Waals surface area (Å²) in [6, 6.07) is 23.0. The van der Waals surface area contributed by atoms with Crippen LogP contribution in [0.4, 0.5) is 4.79 Å². The Hall–Kier alpha value is -3.48. The number of hydrogen-bond donors (Lipinski definition) is 3. The van der Waals surface area contributed by atoms with E-state index in [1.165, 1.54) is 6.92 Å². The topological polar surface area (TPSA) is 95.9 Å². The largest absolute Gasteiger partial charge is 0.449 e. The zero-order chi connectivity index (χ0) is 23.4. The maximum absolute atomic E-state index is 12.3. The smallest absolute Gasteiger partial charge is 0.407 e. The van der Waals surface area contributed by atoms with Crippen molar-refractivity contribution in [3.05, 3.63) is 95.1 Å². The van der Waals surface area contributed by atoms with E-state index in [0.717, 1.165) is 27.8 Å². The summed E-state index contributed by atoms with van der Waals surface area (Å²) in [7, 11) is 0. The summed E-state index contributed by atoms with van der Waals surface area (Å²) >= 11 is 0. The fourth-order valence-electron chi connectivity index (χ4n) is 4.29. The number of ether oxygens (including phenoxy) is 1. The molecule has 0 saturated heterocycles. The number of hydrogen-bond acceptors (Lipinski definition) is 5. The fourth-order valence-corrected chi connectivity index (χ4v) is 4.29. The van der Waals surface area contributed by atoms with Crippen molar-refractivity contribution in [3.8, 4) is 11.1 Å². The van der Waals surface area contributed by atoms with Crippen molar-refractivity contribution in [2.24, 2.45) is 0 Å². The number of benzene rings is 3. The Balaban J connectivity index is 1.30. The Labute approximate surface area is 192 Å². The molecule has 0 fully saturated rings. The highest BCUT2D eigenvalue weighted by molar-refractivity contribution is 5.79. The van der Waals surface area contributed by atoms with Crippen molar-refractivity contribution in [2.45, 2.75) is 31.5 Å². The number of aliphatic hydroxyl groups is 2. The normalized spacial score (nSPS) is 14.2.